The number of aliphatic hydroxyl groups is 1. The Bertz CT molecular complexity index is 773. The molecule has 106 valence electrons. The summed E-state index contributed by atoms with van der Waals surface area (Å²) in [4.78, 5) is 25.2. The van der Waals surface area contributed by atoms with Crippen molar-refractivity contribution in [3.63, 3.8) is 0 Å². The maximum absolute atomic E-state index is 12.6. The number of fused-ring (bicyclic) bond motifs is 1. The Morgan fingerprint density at radius 3 is 3.00 bits per heavy atom. The van der Waals surface area contributed by atoms with Crippen molar-refractivity contribution in [3.05, 3.63) is 47.2 Å². The third kappa shape index (κ3) is 2.74. The van der Waals surface area contributed by atoms with E-state index in [1.165, 1.54) is 17.5 Å². The summed E-state index contributed by atoms with van der Waals surface area (Å²) in [5.41, 5.74) is 1.55. The maximum Gasteiger partial charge on any atom is 0.224 e. The molecule has 0 aliphatic heterocycles. The van der Waals surface area contributed by atoms with Crippen LogP contribution in [0.15, 0.2) is 36.0 Å². The molecular formula is C14H12N4O2S. The minimum atomic E-state index is -0.190. The second-order valence-electron chi connectivity index (χ2n) is 4.25. The molecule has 3 rings (SSSR count). The number of anilines is 1. The molecule has 0 aliphatic carbocycles. The van der Waals surface area contributed by atoms with Crippen LogP contribution in [0.25, 0.3) is 10.2 Å². The van der Waals surface area contributed by atoms with Gasteiger partial charge >= 0.3 is 0 Å². The number of thiophene rings is 1. The number of carbonyl (C=O) groups excluding carboxylic acids is 1. The molecule has 0 bridgehead atoms. The van der Waals surface area contributed by atoms with Crippen molar-refractivity contribution in [1.29, 1.82) is 0 Å². The third-order valence-electron chi connectivity index (χ3n) is 2.84. The zero-order chi connectivity index (χ0) is 14.7. The van der Waals surface area contributed by atoms with Crippen LogP contribution in [-0.4, -0.2) is 39.0 Å². The Morgan fingerprint density at radius 1 is 1.33 bits per heavy atom. The van der Waals surface area contributed by atoms with E-state index in [-0.39, 0.29) is 12.4 Å². The van der Waals surface area contributed by atoms with Gasteiger partial charge in [-0.25, -0.2) is 9.97 Å². The summed E-state index contributed by atoms with van der Waals surface area (Å²) < 4.78 is 0.749. The van der Waals surface area contributed by atoms with Crippen LogP contribution in [0.3, 0.4) is 0 Å². The van der Waals surface area contributed by atoms with E-state index in [0.29, 0.717) is 29.3 Å². The molecule has 21 heavy (non-hydrogen) atoms. The van der Waals surface area contributed by atoms with Gasteiger partial charge in [-0.3, -0.25) is 9.78 Å². The van der Waals surface area contributed by atoms with E-state index in [0.717, 1.165) is 4.70 Å². The molecular weight excluding hydrogens is 288 g/mol. The van der Waals surface area contributed by atoms with Gasteiger partial charge in [0.15, 0.2) is 0 Å². The summed E-state index contributed by atoms with van der Waals surface area (Å²) in [6.07, 6.45) is 3.14. The zero-order valence-corrected chi connectivity index (χ0v) is 11.8. The fourth-order valence-corrected chi connectivity index (χ4v) is 2.72. The number of aliphatic hydroxyl groups excluding tert-OH is 1. The van der Waals surface area contributed by atoms with Crippen molar-refractivity contribution in [3.8, 4) is 0 Å². The average Bonchev–Trinajstić information content (AvgIpc) is 3.00. The van der Waals surface area contributed by atoms with Gasteiger partial charge in [-0.1, -0.05) is 0 Å². The predicted octanol–water partition coefficient (Wildman–Crippen LogP) is 1.72. The second-order valence-corrected chi connectivity index (χ2v) is 5.17. The van der Waals surface area contributed by atoms with Crippen LogP contribution in [0.2, 0.25) is 0 Å². The van der Waals surface area contributed by atoms with Crippen LogP contribution >= 0.6 is 11.3 Å². The number of rotatable bonds is 5. The monoisotopic (exact) mass is 300 g/mol. The lowest BCUT2D eigenvalue weighted by Crippen LogP contribution is -2.12. The maximum atomic E-state index is 12.6. The summed E-state index contributed by atoms with van der Waals surface area (Å²) in [6, 6.07) is 5.26. The Hall–Kier alpha value is -2.38. The quantitative estimate of drug-likeness (QED) is 0.698. The van der Waals surface area contributed by atoms with E-state index in [9.17, 15) is 4.79 Å². The first-order chi connectivity index (χ1) is 10.3. The van der Waals surface area contributed by atoms with E-state index in [1.807, 2.05) is 11.4 Å². The minimum absolute atomic E-state index is 0.0308. The lowest BCUT2D eigenvalue weighted by Gasteiger charge is -2.06. The van der Waals surface area contributed by atoms with Gasteiger partial charge in [0.1, 0.15) is 5.69 Å². The Morgan fingerprint density at radius 2 is 2.24 bits per heavy atom. The van der Waals surface area contributed by atoms with Crippen molar-refractivity contribution < 1.29 is 9.90 Å². The fraction of sp³-hybridized carbons (Fsp3) is 0.143. The molecule has 6 nitrogen and oxygen atoms in total. The number of carbonyl (C=O) groups is 1. The van der Waals surface area contributed by atoms with Crippen molar-refractivity contribution >= 4 is 33.3 Å². The van der Waals surface area contributed by atoms with Gasteiger partial charge in [-0.2, -0.15) is 0 Å². The molecule has 0 radical (unpaired) electrons. The number of pyridine rings is 1. The van der Waals surface area contributed by atoms with E-state index in [4.69, 9.17) is 5.11 Å². The summed E-state index contributed by atoms with van der Waals surface area (Å²) >= 11 is 1.43. The number of hydrogen-bond donors (Lipinski definition) is 2. The molecule has 2 N–H and O–H groups in total. The fourth-order valence-electron chi connectivity index (χ4n) is 1.90. The first kappa shape index (κ1) is 13.6. The van der Waals surface area contributed by atoms with Gasteiger partial charge in [-0.05, 0) is 23.6 Å². The highest BCUT2D eigenvalue weighted by Gasteiger charge is 2.17. The average molecular weight is 300 g/mol. The van der Waals surface area contributed by atoms with Crippen molar-refractivity contribution in [1.82, 2.24) is 15.0 Å². The van der Waals surface area contributed by atoms with Gasteiger partial charge in [0.25, 0.3) is 0 Å². The third-order valence-corrected chi connectivity index (χ3v) is 3.75. The smallest absolute Gasteiger partial charge is 0.224 e. The van der Waals surface area contributed by atoms with E-state index >= 15 is 0 Å². The Kier molecular flexibility index (Phi) is 3.85. The lowest BCUT2D eigenvalue weighted by molar-refractivity contribution is 0.103. The molecule has 0 amide bonds. The highest BCUT2D eigenvalue weighted by atomic mass is 32.1. The lowest BCUT2D eigenvalue weighted by atomic mass is 10.1. The predicted molar refractivity (Wildman–Crippen MR) is 80.7 cm³/mol. The van der Waals surface area contributed by atoms with Crippen LogP contribution in [0.5, 0.6) is 0 Å². The van der Waals surface area contributed by atoms with Gasteiger partial charge in [0.05, 0.1) is 16.8 Å². The molecule has 0 aromatic carbocycles. The number of ketones is 1. The van der Waals surface area contributed by atoms with Crippen LogP contribution in [-0.2, 0) is 0 Å². The minimum Gasteiger partial charge on any atom is -0.395 e. The van der Waals surface area contributed by atoms with E-state index < -0.39 is 0 Å². The molecule has 3 aromatic heterocycles. The van der Waals surface area contributed by atoms with Crippen LogP contribution in [0, 0.1) is 0 Å². The molecule has 0 aliphatic rings. The van der Waals surface area contributed by atoms with Gasteiger partial charge < -0.3 is 10.4 Å². The second kappa shape index (κ2) is 5.94. The summed E-state index contributed by atoms with van der Waals surface area (Å²) in [7, 11) is 0. The van der Waals surface area contributed by atoms with Crippen molar-refractivity contribution in [2.75, 3.05) is 18.5 Å². The number of nitrogens with zero attached hydrogens (tertiary/aromatic N) is 3. The zero-order valence-electron chi connectivity index (χ0n) is 11.0. The first-order valence-corrected chi connectivity index (χ1v) is 7.22. The van der Waals surface area contributed by atoms with Gasteiger partial charge in [-0.15, -0.1) is 11.3 Å². The van der Waals surface area contributed by atoms with E-state index in [2.05, 4.69) is 20.3 Å². The molecule has 0 atom stereocenters. The molecule has 3 aromatic rings. The number of aromatic nitrogens is 3. The molecule has 3 heterocycles. The summed E-state index contributed by atoms with van der Waals surface area (Å²) in [6.45, 7) is 0.299. The van der Waals surface area contributed by atoms with Crippen LogP contribution < -0.4 is 5.32 Å². The standard InChI is InChI=1S/C14H12N4O2S/c19-6-5-16-14-17-10-3-7-21-13(10)11(18-14)12(20)9-2-1-4-15-8-9/h1-4,7-8,19H,5-6H2,(H,16,17,18). The van der Waals surface area contributed by atoms with Gasteiger partial charge in [0.2, 0.25) is 11.7 Å². The topological polar surface area (TPSA) is 88.0 Å². The first-order valence-electron chi connectivity index (χ1n) is 6.34. The Balaban J connectivity index is 2.07. The van der Waals surface area contributed by atoms with Crippen molar-refractivity contribution in [2.45, 2.75) is 0 Å². The molecule has 0 fully saturated rings. The number of hydrogen-bond acceptors (Lipinski definition) is 7. The Labute approximate surface area is 124 Å². The molecule has 0 saturated carbocycles. The summed E-state index contributed by atoms with van der Waals surface area (Å²) in [5.74, 6) is 0.146. The highest BCUT2D eigenvalue weighted by molar-refractivity contribution is 7.17. The SMILES string of the molecule is O=C(c1cccnc1)c1nc(NCCO)nc2ccsc12. The molecule has 0 spiro atoms. The highest BCUT2D eigenvalue weighted by Crippen LogP contribution is 2.25. The largest absolute Gasteiger partial charge is 0.395 e. The molecule has 0 saturated heterocycles. The summed E-state index contributed by atoms with van der Waals surface area (Å²) in [5, 5.41) is 13.6. The van der Waals surface area contributed by atoms with Gasteiger partial charge in [0, 0.05) is 24.5 Å². The number of nitrogens with one attached hydrogen (secondary N) is 1. The van der Waals surface area contributed by atoms with Crippen LogP contribution in [0.4, 0.5) is 5.95 Å². The van der Waals surface area contributed by atoms with Crippen LogP contribution in [0.1, 0.15) is 16.1 Å². The molecule has 0 unspecified atom stereocenters. The van der Waals surface area contributed by atoms with Crippen molar-refractivity contribution in [2.24, 2.45) is 0 Å². The van der Waals surface area contributed by atoms with E-state index in [1.54, 1.807) is 18.3 Å². The molecule has 7 heteroatoms. The normalized spacial score (nSPS) is 10.7.